The van der Waals surface area contributed by atoms with Gasteiger partial charge >= 0.3 is 0 Å². The van der Waals surface area contributed by atoms with E-state index >= 15 is 0 Å². The summed E-state index contributed by atoms with van der Waals surface area (Å²) < 4.78 is 0.808. The third-order valence-corrected chi connectivity index (χ3v) is 2.37. The van der Waals surface area contributed by atoms with Crippen molar-refractivity contribution < 1.29 is 0 Å². The average Bonchev–Trinajstić information content (AvgIpc) is 2.19. The Kier molecular flexibility index (Phi) is 2.59. The Morgan fingerprint density at radius 3 is 2.43 bits per heavy atom. The van der Waals surface area contributed by atoms with Gasteiger partial charge in [-0.05, 0) is 28.9 Å². The molecule has 3 heteroatoms. The molecule has 0 aliphatic carbocycles. The highest BCUT2D eigenvalue weighted by Gasteiger charge is 2.00. The van der Waals surface area contributed by atoms with Gasteiger partial charge in [0.15, 0.2) is 5.82 Å². The molecule has 0 bridgehead atoms. The summed E-state index contributed by atoms with van der Waals surface area (Å²) in [5.74, 6) is 0.749. The van der Waals surface area contributed by atoms with Crippen molar-refractivity contribution in [3.05, 3.63) is 46.7 Å². The fraction of sp³-hybridized carbons (Fsp3) is 0.0909. The summed E-state index contributed by atoms with van der Waals surface area (Å²) in [6.07, 6.45) is 1.74. The molecule has 0 saturated carbocycles. The van der Waals surface area contributed by atoms with Crippen LogP contribution < -0.4 is 0 Å². The standard InChI is InChI=1S/C11H9BrN2/c1-8-2-4-9(5-3-8)11-13-7-6-10(12)14-11/h2-7H,1H3. The fourth-order valence-corrected chi connectivity index (χ4v) is 1.46. The zero-order valence-corrected chi connectivity index (χ0v) is 9.32. The van der Waals surface area contributed by atoms with Crippen molar-refractivity contribution >= 4 is 15.9 Å². The van der Waals surface area contributed by atoms with Gasteiger partial charge in [0.25, 0.3) is 0 Å². The van der Waals surface area contributed by atoms with Crippen LogP contribution in [0.4, 0.5) is 0 Å². The van der Waals surface area contributed by atoms with Crippen LogP contribution in [0, 0.1) is 6.92 Å². The third-order valence-electron chi connectivity index (χ3n) is 1.93. The molecular formula is C11H9BrN2. The molecule has 0 fully saturated rings. The topological polar surface area (TPSA) is 25.8 Å². The maximum atomic E-state index is 4.28. The number of hydrogen-bond acceptors (Lipinski definition) is 2. The van der Waals surface area contributed by atoms with Gasteiger partial charge in [-0.2, -0.15) is 0 Å². The van der Waals surface area contributed by atoms with Gasteiger partial charge in [-0.15, -0.1) is 0 Å². The second kappa shape index (κ2) is 3.88. The predicted molar refractivity (Wildman–Crippen MR) is 59.9 cm³/mol. The highest BCUT2D eigenvalue weighted by atomic mass is 79.9. The highest BCUT2D eigenvalue weighted by Crippen LogP contribution is 2.16. The lowest BCUT2D eigenvalue weighted by Gasteiger charge is -2.00. The number of nitrogens with zero attached hydrogens (tertiary/aromatic N) is 2. The maximum absolute atomic E-state index is 4.28. The van der Waals surface area contributed by atoms with Gasteiger partial charge in [0.2, 0.25) is 0 Å². The summed E-state index contributed by atoms with van der Waals surface area (Å²) in [6.45, 7) is 2.06. The summed E-state index contributed by atoms with van der Waals surface area (Å²) in [5.41, 5.74) is 2.28. The number of aryl methyl sites for hydroxylation is 1. The number of benzene rings is 1. The average molecular weight is 249 g/mol. The Hall–Kier alpha value is -1.22. The van der Waals surface area contributed by atoms with Gasteiger partial charge in [-0.3, -0.25) is 0 Å². The van der Waals surface area contributed by atoms with Crippen LogP contribution in [-0.4, -0.2) is 9.97 Å². The minimum atomic E-state index is 0.749. The van der Waals surface area contributed by atoms with E-state index in [1.54, 1.807) is 6.20 Å². The number of aromatic nitrogens is 2. The maximum Gasteiger partial charge on any atom is 0.160 e. The second-order valence-corrected chi connectivity index (χ2v) is 3.88. The molecule has 0 radical (unpaired) electrons. The smallest absolute Gasteiger partial charge is 0.160 e. The van der Waals surface area contributed by atoms with E-state index in [1.807, 2.05) is 18.2 Å². The molecule has 1 aromatic heterocycles. The monoisotopic (exact) mass is 248 g/mol. The van der Waals surface area contributed by atoms with Crippen LogP contribution in [0.1, 0.15) is 5.56 Å². The normalized spacial score (nSPS) is 10.1. The summed E-state index contributed by atoms with van der Waals surface area (Å²) >= 11 is 3.32. The van der Waals surface area contributed by atoms with E-state index in [2.05, 4.69) is 45.0 Å². The first-order valence-corrected chi connectivity index (χ1v) is 5.10. The Labute approximate surface area is 91.2 Å². The molecule has 0 N–H and O–H groups in total. The molecule has 2 aromatic rings. The van der Waals surface area contributed by atoms with Crippen LogP contribution >= 0.6 is 15.9 Å². The molecule has 0 amide bonds. The van der Waals surface area contributed by atoms with E-state index in [1.165, 1.54) is 5.56 Å². The largest absolute Gasteiger partial charge is 0.237 e. The van der Waals surface area contributed by atoms with E-state index in [9.17, 15) is 0 Å². The van der Waals surface area contributed by atoms with Crippen LogP contribution in [0.5, 0.6) is 0 Å². The lowest BCUT2D eigenvalue weighted by Crippen LogP contribution is -1.88. The molecule has 0 saturated heterocycles. The van der Waals surface area contributed by atoms with Crippen molar-refractivity contribution in [2.75, 3.05) is 0 Å². The van der Waals surface area contributed by atoms with Gasteiger partial charge < -0.3 is 0 Å². The van der Waals surface area contributed by atoms with Crippen molar-refractivity contribution in [2.24, 2.45) is 0 Å². The fourth-order valence-electron chi connectivity index (χ4n) is 1.18. The predicted octanol–water partition coefficient (Wildman–Crippen LogP) is 3.21. The minimum Gasteiger partial charge on any atom is -0.237 e. The molecule has 0 unspecified atom stereocenters. The number of halogens is 1. The molecule has 0 atom stereocenters. The van der Waals surface area contributed by atoms with Gasteiger partial charge in [-0.25, -0.2) is 9.97 Å². The molecule has 0 aliphatic rings. The van der Waals surface area contributed by atoms with Gasteiger partial charge in [0.1, 0.15) is 4.60 Å². The molecule has 0 aliphatic heterocycles. The number of rotatable bonds is 1. The Morgan fingerprint density at radius 2 is 1.79 bits per heavy atom. The summed E-state index contributed by atoms with van der Waals surface area (Å²) in [7, 11) is 0. The zero-order chi connectivity index (χ0) is 9.97. The van der Waals surface area contributed by atoms with E-state index in [0.717, 1.165) is 16.0 Å². The molecule has 1 heterocycles. The summed E-state index contributed by atoms with van der Waals surface area (Å²) in [5, 5.41) is 0. The highest BCUT2D eigenvalue weighted by molar-refractivity contribution is 9.10. The van der Waals surface area contributed by atoms with E-state index in [4.69, 9.17) is 0 Å². The summed E-state index contributed by atoms with van der Waals surface area (Å²) in [4.78, 5) is 8.48. The first kappa shape index (κ1) is 9.34. The van der Waals surface area contributed by atoms with Gasteiger partial charge in [0, 0.05) is 11.8 Å². The summed E-state index contributed by atoms with van der Waals surface area (Å²) in [6, 6.07) is 9.98. The van der Waals surface area contributed by atoms with Crippen molar-refractivity contribution in [1.82, 2.24) is 9.97 Å². The molecular weight excluding hydrogens is 240 g/mol. The van der Waals surface area contributed by atoms with Gasteiger partial charge in [-0.1, -0.05) is 29.8 Å². The van der Waals surface area contributed by atoms with Crippen molar-refractivity contribution in [1.29, 1.82) is 0 Å². The first-order chi connectivity index (χ1) is 6.75. The molecule has 2 rings (SSSR count). The molecule has 1 aromatic carbocycles. The Bertz CT molecular complexity index is 437. The van der Waals surface area contributed by atoms with Crippen LogP contribution in [0.2, 0.25) is 0 Å². The third kappa shape index (κ3) is 1.99. The zero-order valence-electron chi connectivity index (χ0n) is 7.74. The van der Waals surface area contributed by atoms with Crippen LogP contribution in [-0.2, 0) is 0 Å². The van der Waals surface area contributed by atoms with Crippen molar-refractivity contribution in [3.63, 3.8) is 0 Å². The van der Waals surface area contributed by atoms with Crippen LogP contribution in [0.25, 0.3) is 11.4 Å². The second-order valence-electron chi connectivity index (χ2n) is 3.07. The van der Waals surface area contributed by atoms with Crippen LogP contribution in [0.3, 0.4) is 0 Å². The first-order valence-electron chi connectivity index (χ1n) is 4.31. The lowest BCUT2D eigenvalue weighted by atomic mass is 10.1. The van der Waals surface area contributed by atoms with Crippen molar-refractivity contribution in [2.45, 2.75) is 6.92 Å². The lowest BCUT2D eigenvalue weighted by molar-refractivity contribution is 1.15. The number of hydrogen-bond donors (Lipinski definition) is 0. The quantitative estimate of drug-likeness (QED) is 0.725. The SMILES string of the molecule is Cc1ccc(-c2nccc(Br)n2)cc1. The molecule has 2 nitrogen and oxygen atoms in total. The van der Waals surface area contributed by atoms with Crippen LogP contribution in [0.15, 0.2) is 41.1 Å². The van der Waals surface area contributed by atoms with E-state index in [0.29, 0.717) is 0 Å². The minimum absolute atomic E-state index is 0.749. The van der Waals surface area contributed by atoms with E-state index in [-0.39, 0.29) is 0 Å². The van der Waals surface area contributed by atoms with Crippen molar-refractivity contribution in [3.8, 4) is 11.4 Å². The Morgan fingerprint density at radius 1 is 1.07 bits per heavy atom. The molecule has 14 heavy (non-hydrogen) atoms. The van der Waals surface area contributed by atoms with Gasteiger partial charge in [0.05, 0.1) is 0 Å². The van der Waals surface area contributed by atoms with E-state index < -0.39 is 0 Å². The Balaban J connectivity index is 2.44. The molecule has 70 valence electrons. The molecule has 0 spiro atoms.